The van der Waals surface area contributed by atoms with Crippen LogP contribution in [0.25, 0.3) is 0 Å². The number of benzene rings is 1. The van der Waals surface area contributed by atoms with Gasteiger partial charge in [-0.15, -0.1) is 0 Å². The largest absolute Gasteiger partial charge is 0.321 e. The van der Waals surface area contributed by atoms with E-state index in [1.54, 1.807) is 6.07 Å². The monoisotopic (exact) mass is 241 g/mol. The van der Waals surface area contributed by atoms with E-state index in [-0.39, 0.29) is 5.91 Å². The summed E-state index contributed by atoms with van der Waals surface area (Å²) < 4.78 is 0. The zero-order chi connectivity index (χ0) is 13.1. The fourth-order valence-corrected chi connectivity index (χ4v) is 1.82. The number of aryl methyl sites for hydroxylation is 3. The number of rotatable bonds is 2. The van der Waals surface area contributed by atoms with Gasteiger partial charge in [-0.1, -0.05) is 6.07 Å². The average molecular weight is 241 g/mol. The van der Waals surface area contributed by atoms with Crippen molar-refractivity contribution in [1.29, 1.82) is 0 Å². The Kier molecular flexibility index (Phi) is 3.37. The van der Waals surface area contributed by atoms with Gasteiger partial charge in [-0.25, -0.2) is 9.97 Å². The SMILES string of the molecule is Cc1cc(C)cc(NC(=O)c2cc(C)ncn2)c1. The van der Waals surface area contributed by atoms with E-state index in [2.05, 4.69) is 21.4 Å². The number of hydrogen-bond acceptors (Lipinski definition) is 3. The zero-order valence-electron chi connectivity index (χ0n) is 10.7. The maximum atomic E-state index is 12.0. The van der Waals surface area contributed by atoms with Gasteiger partial charge in [-0.05, 0) is 50.1 Å². The van der Waals surface area contributed by atoms with Crippen molar-refractivity contribution in [3.05, 3.63) is 53.1 Å². The summed E-state index contributed by atoms with van der Waals surface area (Å²) in [5.74, 6) is -0.217. The third-order valence-corrected chi connectivity index (χ3v) is 2.52. The van der Waals surface area contributed by atoms with E-state index in [1.807, 2.05) is 32.9 Å². The molecule has 0 fully saturated rings. The molecule has 2 rings (SSSR count). The first-order valence-corrected chi connectivity index (χ1v) is 5.73. The zero-order valence-corrected chi connectivity index (χ0v) is 10.7. The maximum absolute atomic E-state index is 12.0. The Labute approximate surface area is 106 Å². The number of nitrogens with zero attached hydrogens (tertiary/aromatic N) is 2. The van der Waals surface area contributed by atoms with Crippen LogP contribution in [-0.4, -0.2) is 15.9 Å². The van der Waals surface area contributed by atoms with Gasteiger partial charge in [0.1, 0.15) is 12.0 Å². The number of amides is 1. The Balaban J connectivity index is 2.21. The number of aromatic nitrogens is 2. The molecule has 4 nitrogen and oxygen atoms in total. The van der Waals surface area contributed by atoms with Crippen molar-refractivity contribution in [2.75, 3.05) is 5.32 Å². The van der Waals surface area contributed by atoms with Gasteiger partial charge in [0.15, 0.2) is 0 Å². The molecule has 0 unspecified atom stereocenters. The highest BCUT2D eigenvalue weighted by molar-refractivity contribution is 6.02. The smallest absolute Gasteiger partial charge is 0.274 e. The van der Waals surface area contributed by atoms with Crippen LogP contribution in [0.15, 0.2) is 30.6 Å². The van der Waals surface area contributed by atoms with Crippen molar-refractivity contribution < 1.29 is 4.79 Å². The molecular formula is C14H15N3O. The van der Waals surface area contributed by atoms with Gasteiger partial charge >= 0.3 is 0 Å². The van der Waals surface area contributed by atoms with Crippen LogP contribution in [0.2, 0.25) is 0 Å². The number of anilines is 1. The standard InChI is InChI=1S/C14H15N3O/c1-9-4-10(2)6-12(5-9)17-14(18)13-7-11(3)15-8-16-13/h4-8H,1-3H3,(H,17,18). The number of carbonyl (C=O) groups excluding carboxylic acids is 1. The summed E-state index contributed by atoms with van der Waals surface area (Å²) in [5, 5.41) is 2.84. The van der Waals surface area contributed by atoms with Crippen LogP contribution in [0.3, 0.4) is 0 Å². The van der Waals surface area contributed by atoms with Gasteiger partial charge in [0.25, 0.3) is 5.91 Å². The third-order valence-electron chi connectivity index (χ3n) is 2.52. The highest BCUT2D eigenvalue weighted by Gasteiger charge is 2.08. The van der Waals surface area contributed by atoms with Crippen molar-refractivity contribution in [1.82, 2.24) is 9.97 Å². The number of nitrogens with one attached hydrogen (secondary N) is 1. The molecule has 0 saturated carbocycles. The van der Waals surface area contributed by atoms with Gasteiger partial charge in [0, 0.05) is 11.4 Å². The predicted molar refractivity (Wildman–Crippen MR) is 70.6 cm³/mol. The van der Waals surface area contributed by atoms with Crippen LogP contribution in [0.5, 0.6) is 0 Å². The summed E-state index contributed by atoms with van der Waals surface area (Å²) >= 11 is 0. The lowest BCUT2D eigenvalue weighted by molar-refractivity contribution is 0.102. The Bertz CT molecular complexity index is 573. The van der Waals surface area contributed by atoms with Crippen LogP contribution in [0.4, 0.5) is 5.69 Å². The molecule has 1 heterocycles. The first kappa shape index (κ1) is 12.2. The highest BCUT2D eigenvalue weighted by Crippen LogP contribution is 2.14. The van der Waals surface area contributed by atoms with E-state index in [1.165, 1.54) is 6.33 Å². The summed E-state index contributed by atoms with van der Waals surface area (Å²) in [6.45, 7) is 5.82. The molecular weight excluding hydrogens is 226 g/mol. The molecule has 92 valence electrons. The van der Waals surface area contributed by atoms with Crippen LogP contribution in [0.1, 0.15) is 27.3 Å². The lowest BCUT2D eigenvalue weighted by Crippen LogP contribution is -2.14. The average Bonchev–Trinajstić information content (AvgIpc) is 2.27. The van der Waals surface area contributed by atoms with E-state index < -0.39 is 0 Å². The molecule has 1 amide bonds. The van der Waals surface area contributed by atoms with Crippen LogP contribution < -0.4 is 5.32 Å². The van der Waals surface area contributed by atoms with Crippen LogP contribution >= 0.6 is 0 Å². The Morgan fingerprint density at radius 1 is 1.00 bits per heavy atom. The van der Waals surface area contributed by atoms with E-state index in [9.17, 15) is 4.79 Å². The summed E-state index contributed by atoms with van der Waals surface area (Å²) in [7, 11) is 0. The van der Waals surface area contributed by atoms with E-state index in [0.717, 1.165) is 22.5 Å². The molecule has 0 aliphatic carbocycles. The van der Waals surface area contributed by atoms with Crippen LogP contribution in [0, 0.1) is 20.8 Å². The summed E-state index contributed by atoms with van der Waals surface area (Å²) in [6.07, 6.45) is 1.39. The van der Waals surface area contributed by atoms with Gasteiger partial charge in [0.05, 0.1) is 0 Å². The molecule has 0 aliphatic rings. The normalized spacial score (nSPS) is 10.2. The van der Waals surface area contributed by atoms with Gasteiger partial charge in [-0.2, -0.15) is 0 Å². The Morgan fingerprint density at radius 2 is 1.67 bits per heavy atom. The second-order valence-corrected chi connectivity index (χ2v) is 4.38. The minimum absolute atomic E-state index is 0.217. The van der Waals surface area contributed by atoms with Crippen molar-refractivity contribution >= 4 is 11.6 Å². The van der Waals surface area contributed by atoms with E-state index in [0.29, 0.717) is 5.69 Å². The van der Waals surface area contributed by atoms with Gasteiger partial charge in [0.2, 0.25) is 0 Å². The lowest BCUT2D eigenvalue weighted by Gasteiger charge is -2.07. The molecule has 0 atom stereocenters. The number of carbonyl (C=O) groups is 1. The first-order valence-electron chi connectivity index (χ1n) is 5.73. The fourth-order valence-electron chi connectivity index (χ4n) is 1.82. The molecule has 18 heavy (non-hydrogen) atoms. The Hall–Kier alpha value is -2.23. The molecule has 0 bridgehead atoms. The van der Waals surface area contributed by atoms with Crippen LogP contribution in [-0.2, 0) is 0 Å². The summed E-state index contributed by atoms with van der Waals surface area (Å²) in [5.41, 5.74) is 4.17. The van der Waals surface area contributed by atoms with E-state index >= 15 is 0 Å². The molecule has 0 spiro atoms. The molecule has 0 saturated heterocycles. The topological polar surface area (TPSA) is 54.9 Å². The molecule has 1 aromatic heterocycles. The van der Waals surface area contributed by atoms with Crippen molar-refractivity contribution in [2.45, 2.75) is 20.8 Å². The second-order valence-electron chi connectivity index (χ2n) is 4.38. The fraction of sp³-hybridized carbons (Fsp3) is 0.214. The molecule has 1 N–H and O–H groups in total. The van der Waals surface area contributed by atoms with E-state index in [4.69, 9.17) is 0 Å². The van der Waals surface area contributed by atoms with Crippen molar-refractivity contribution in [2.24, 2.45) is 0 Å². The highest BCUT2D eigenvalue weighted by atomic mass is 16.1. The van der Waals surface area contributed by atoms with Crippen molar-refractivity contribution in [3.8, 4) is 0 Å². The Morgan fingerprint density at radius 3 is 2.28 bits per heavy atom. The minimum atomic E-state index is -0.217. The lowest BCUT2D eigenvalue weighted by atomic mass is 10.1. The minimum Gasteiger partial charge on any atom is -0.321 e. The van der Waals surface area contributed by atoms with Gasteiger partial charge in [-0.3, -0.25) is 4.79 Å². The van der Waals surface area contributed by atoms with Crippen molar-refractivity contribution in [3.63, 3.8) is 0 Å². The second kappa shape index (κ2) is 4.96. The van der Waals surface area contributed by atoms with Gasteiger partial charge < -0.3 is 5.32 Å². The molecule has 2 aromatic rings. The molecule has 1 aromatic carbocycles. The maximum Gasteiger partial charge on any atom is 0.274 e. The predicted octanol–water partition coefficient (Wildman–Crippen LogP) is 2.65. The molecule has 0 aliphatic heterocycles. The molecule has 4 heteroatoms. The first-order chi connectivity index (χ1) is 8.54. The molecule has 0 radical (unpaired) electrons. The quantitative estimate of drug-likeness (QED) is 0.879. The number of hydrogen-bond donors (Lipinski definition) is 1. The summed E-state index contributed by atoms with van der Waals surface area (Å²) in [4.78, 5) is 19.9. The third kappa shape index (κ3) is 2.91. The summed E-state index contributed by atoms with van der Waals surface area (Å²) in [6, 6.07) is 7.58.